The maximum Gasteiger partial charge on any atom is 0.116 e. The minimum Gasteiger partial charge on any atom is -0.508 e. The lowest BCUT2D eigenvalue weighted by Crippen LogP contribution is -2.44. The maximum absolute atomic E-state index is 10.4. The van der Waals surface area contributed by atoms with E-state index in [1.54, 1.807) is 6.07 Å². The number of hydrogen-bond acceptors (Lipinski definition) is 3. The summed E-state index contributed by atoms with van der Waals surface area (Å²) < 4.78 is 0. The van der Waals surface area contributed by atoms with Gasteiger partial charge >= 0.3 is 0 Å². The Bertz CT molecular complexity index is 585. The minimum atomic E-state index is -0.111. The first-order chi connectivity index (χ1) is 10.0. The Morgan fingerprint density at radius 2 is 2.00 bits per heavy atom. The summed E-state index contributed by atoms with van der Waals surface area (Å²) in [5.74, 6) is 2.25. The molecule has 0 bridgehead atoms. The SMILES string of the molecule is C[C@]12CC[C@@H]3c4c(S)cc(O)cc4CC[C@H]3[C@@H]1CC[C@H]2O. The number of rotatable bonds is 0. The van der Waals surface area contributed by atoms with Crippen molar-refractivity contribution in [1.29, 1.82) is 0 Å². The predicted octanol–water partition coefficient (Wildman–Crippen LogP) is 3.90. The third kappa shape index (κ3) is 1.90. The van der Waals surface area contributed by atoms with E-state index in [4.69, 9.17) is 0 Å². The van der Waals surface area contributed by atoms with Crippen LogP contribution in [0.1, 0.15) is 56.1 Å². The molecule has 0 spiro atoms. The van der Waals surface area contributed by atoms with Gasteiger partial charge in [0.05, 0.1) is 6.10 Å². The zero-order valence-corrected chi connectivity index (χ0v) is 13.4. The van der Waals surface area contributed by atoms with Crippen molar-refractivity contribution in [3.05, 3.63) is 23.3 Å². The number of aliphatic hydroxyl groups excluding tert-OH is 1. The first-order valence-corrected chi connectivity index (χ1v) is 8.68. The zero-order chi connectivity index (χ0) is 14.8. The van der Waals surface area contributed by atoms with Gasteiger partial charge in [-0.3, -0.25) is 0 Å². The zero-order valence-electron chi connectivity index (χ0n) is 12.5. The summed E-state index contributed by atoms with van der Waals surface area (Å²) in [5.41, 5.74) is 2.81. The van der Waals surface area contributed by atoms with Gasteiger partial charge in [0.1, 0.15) is 5.75 Å². The second kappa shape index (κ2) is 4.66. The van der Waals surface area contributed by atoms with Crippen LogP contribution in [0, 0.1) is 17.3 Å². The third-order valence-electron chi connectivity index (χ3n) is 6.73. The molecule has 21 heavy (non-hydrogen) atoms. The van der Waals surface area contributed by atoms with Gasteiger partial charge in [0.2, 0.25) is 0 Å². The van der Waals surface area contributed by atoms with E-state index in [1.807, 2.05) is 6.07 Å². The summed E-state index contributed by atoms with van der Waals surface area (Å²) in [6.07, 6.45) is 6.55. The number of thiol groups is 1. The number of aryl methyl sites for hydroxylation is 1. The Kier molecular flexibility index (Phi) is 3.10. The van der Waals surface area contributed by atoms with E-state index in [2.05, 4.69) is 19.6 Å². The second-order valence-electron chi connectivity index (χ2n) is 7.59. The molecule has 3 heteroatoms. The Hall–Kier alpha value is -0.670. The largest absolute Gasteiger partial charge is 0.508 e. The molecule has 1 aromatic carbocycles. The fourth-order valence-electron chi connectivity index (χ4n) is 5.66. The molecule has 0 saturated heterocycles. The lowest BCUT2D eigenvalue weighted by atomic mass is 9.55. The van der Waals surface area contributed by atoms with Gasteiger partial charge in [-0.1, -0.05) is 6.92 Å². The molecule has 2 saturated carbocycles. The summed E-state index contributed by atoms with van der Waals surface area (Å²) in [7, 11) is 0. The van der Waals surface area contributed by atoms with Crippen LogP contribution in [0.15, 0.2) is 17.0 Å². The van der Waals surface area contributed by atoms with E-state index in [-0.39, 0.29) is 11.5 Å². The number of aliphatic hydroxyl groups is 1. The summed E-state index contributed by atoms with van der Waals surface area (Å²) in [6, 6.07) is 3.73. The molecule has 5 atom stereocenters. The highest BCUT2D eigenvalue weighted by atomic mass is 32.1. The highest BCUT2D eigenvalue weighted by molar-refractivity contribution is 7.80. The molecule has 114 valence electrons. The van der Waals surface area contributed by atoms with Gasteiger partial charge in [0, 0.05) is 4.90 Å². The first-order valence-electron chi connectivity index (χ1n) is 8.23. The summed E-state index contributed by atoms with van der Waals surface area (Å²) >= 11 is 4.65. The van der Waals surface area contributed by atoms with Crippen LogP contribution in [0.5, 0.6) is 5.75 Å². The quantitative estimate of drug-likeness (QED) is 0.636. The van der Waals surface area contributed by atoms with Crippen molar-refractivity contribution in [3.8, 4) is 5.75 Å². The van der Waals surface area contributed by atoms with E-state index in [9.17, 15) is 10.2 Å². The Morgan fingerprint density at radius 3 is 2.81 bits per heavy atom. The van der Waals surface area contributed by atoms with Crippen LogP contribution in [-0.4, -0.2) is 16.3 Å². The summed E-state index contributed by atoms with van der Waals surface area (Å²) in [6.45, 7) is 2.31. The van der Waals surface area contributed by atoms with Gasteiger partial charge in [-0.2, -0.15) is 0 Å². The molecule has 2 nitrogen and oxygen atoms in total. The normalized spacial score (nSPS) is 41.3. The van der Waals surface area contributed by atoms with Gasteiger partial charge < -0.3 is 10.2 Å². The van der Waals surface area contributed by atoms with Gasteiger partial charge in [-0.25, -0.2) is 0 Å². The lowest BCUT2D eigenvalue weighted by molar-refractivity contribution is -0.0230. The van der Waals surface area contributed by atoms with E-state index in [0.29, 0.717) is 23.5 Å². The van der Waals surface area contributed by atoms with Crippen molar-refractivity contribution in [2.75, 3.05) is 0 Å². The summed E-state index contributed by atoms with van der Waals surface area (Å²) in [5, 5.41) is 20.2. The predicted molar refractivity (Wildman–Crippen MR) is 86.0 cm³/mol. The van der Waals surface area contributed by atoms with E-state index in [1.165, 1.54) is 24.0 Å². The fraction of sp³-hybridized carbons (Fsp3) is 0.667. The van der Waals surface area contributed by atoms with Crippen molar-refractivity contribution in [2.24, 2.45) is 17.3 Å². The Labute approximate surface area is 132 Å². The molecule has 1 aromatic rings. The van der Waals surface area contributed by atoms with Crippen LogP contribution in [0.25, 0.3) is 0 Å². The van der Waals surface area contributed by atoms with Gasteiger partial charge in [-0.15, -0.1) is 12.6 Å². The molecule has 0 heterocycles. The van der Waals surface area contributed by atoms with Gasteiger partial charge in [0.15, 0.2) is 0 Å². The van der Waals surface area contributed by atoms with Crippen LogP contribution in [0.3, 0.4) is 0 Å². The molecule has 3 aliphatic rings. The number of benzene rings is 1. The van der Waals surface area contributed by atoms with Crippen LogP contribution in [0.4, 0.5) is 0 Å². The number of hydrogen-bond donors (Lipinski definition) is 3. The van der Waals surface area contributed by atoms with E-state index >= 15 is 0 Å². The lowest BCUT2D eigenvalue weighted by Gasteiger charge is -2.50. The van der Waals surface area contributed by atoms with Gasteiger partial charge in [0.25, 0.3) is 0 Å². The molecular weight excluding hydrogens is 280 g/mol. The third-order valence-corrected chi connectivity index (χ3v) is 7.10. The summed E-state index contributed by atoms with van der Waals surface area (Å²) in [4.78, 5) is 0.960. The standard InChI is InChI=1S/C18H24O2S/c1-18-7-6-13-12(14(18)4-5-16(18)20)3-2-10-8-11(19)9-15(21)17(10)13/h8-9,12-14,16,19-21H,2-7H2,1H3/t12-,13+,14+,16-,18+/m1/s1. The molecule has 0 unspecified atom stereocenters. The molecule has 0 aliphatic heterocycles. The van der Waals surface area contributed by atoms with Crippen LogP contribution >= 0.6 is 12.6 Å². The number of phenolic OH excluding ortho intramolecular Hbond substituents is 1. The van der Waals surface area contributed by atoms with Crippen molar-refractivity contribution in [1.82, 2.24) is 0 Å². The Morgan fingerprint density at radius 1 is 1.19 bits per heavy atom. The number of fused-ring (bicyclic) bond motifs is 5. The molecule has 2 N–H and O–H groups in total. The molecule has 4 rings (SSSR count). The maximum atomic E-state index is 10.4. The van der Waals surface area contributed by atoms with Crippen molar-refractivity contribution in [2.45, 2.75) is 62.4 Å². The van der Waals surface area contributed by atoms with Crippen molar-refractivity contribution in [3.63, 3.8) is 0 Å². The molecular formula is C18H24O2S. The molecule has 0 aromatic heterocycles. The Balaban J connectivity index is 1.75. The average molecular weight is 304 g/mol. The second-order valence-corrected chi connectivity index (χ2v) is 8.07. The molecule has 0 radical (unpaired) electrons. The number of aromatic hydroxyl groups is 1. The highest BCUT2D eigenvalue weighted by Gasteiger charge is 2.54. The average Bonchev–Trinajstić information content (AvgIpc) is 2.74. The first kappa shape index (κ1) is 14.0. The molecule has 2 fully saturated rings. The highest BCUT2D eigenvalue weighted by Crippen LogP contribution is 2.61. The van der Waals surface area contributed by atoms with Crippen molar-refractivity contribution >= 4 is 12.6 Å². The van der Waals surface area contributed by atoms with E-state index < -0.39 is 0 Å². The van der Waals surface area contributed by atoms with E-state index in [0.717, 1.165) is 30.6 Å². The van der Waals surface area contributed by atoms with Gasteiger partial charge in [-0.05, 0) is 85.0 Å². The monoisotopic (exact) mass is 304 g/mol. The number of phenols is 1. The van der Waals surface area contributed by atoms with Crippen LogP contribution in [0.2, 0.25) is 0 Å². The molecule has 0 amide bonds. The van der Waals surface area contributed by atoms with Crippen molar-refractivity contribution < 1.29 is 10.2 Å². The fourth-order valence-corrected chi connectivity index (χ4v) is 6.10. The minimum absolute atomic E-state index is 0.111. The van der Waals surface area contributed by atoms with Crippen LogP contribution < -0.4 is 0 Å². The molecule has 3 aliphatic carbocycles. The van der Waals surface area contributed by atoms with Crippen LogP contribution in [-0.2, 0) is 6.42 Å². The smallest absolute Gasteiger partial charge is 0.116 e. The topological polar surface area (TPSA) is 40.5 Å².